The number of halogens is 1. The van der Waals surface area contributed by atoms with Gasteiger partial charge < -0.3 is 19.9 Å². The zero-order valence-electron chi connectivity index (χ0n) is 11.5. The summed E-state index contributed by atoms with van der Waals surface area (Å²) in [5.41, 5.74) is 5.95. The third-order valence-corrected chi connectivity index (χ3v) is 2.82. The molecule has 21 heavy (non-hydrogen) atoms. The molecule has 2 aromatic carbocycles. The molecule has 0 saturated carbocycles. The molecule has 2 aromatic rings. The van der Waals surface area contributed by atoms with E-state index in [4.69, 9.17) is 25.2 Å². The van der Waals surface area contributed by atoms with Gasteiger partial charge >= 0.3 is 0 Å². The molecular weight excluding hydrogens is 275 g/mol. The maximum Gasteiger partial charge on any atom is 0.164 e. The third-order valence-electron chi connectivity index (χ3n) is 2.82. The Hall–Kier alpha value is -2.94. The molecule has 0 amide bonds. The zero-order valence-corrected chi connectivity index (χ0v) is 11.5. The van der Waals surface area contributed by atoms with Crippen LogP contribution in [-0.4, -0.2) is 14.2 Å². The molecule has 0 fully saturated rings. The maximum atomic E-state index is 13.5. The molecule has 2 N–H and O–H groups in total. The van der Waals surface area contributed by atoms with Crippen LogP contribution in [0.2, 0.25) is 0 Å². The van der Waals surface area contributed by atoms with Gasteiger partial charge in [0.15, 0.2) is 17.2 Å². The molecule has 5 nitrogen and oxygen atoms in total. The number of nitrogens with two attached hydrogens (primary N) is 1. The van der Waals surface area contributed by atoms with Crippen LogP contribution in [0.4, 0.5) is 10.1 Å². The Morgan fingerprint density at radius 1 is 1.05 bits per heavy atom. The Morgan fingerprint density at radius 3 is 2.33 bits per heavy atom. The highest BCUT2D eigenvalue weighted by Crippen LogP contribution is 2.39. The summed E-state index contributed by atoms with van der Waals surface area (Å²) >= 11 is 0. The van der Waals surface area contributed by atoms with Crippen molar-refractivity contribution in [1.82, 2.24) is 0 Å². The number of hydrogen-bond acceptors (Lipinski definition) is 5. The molecule has 0 saturated heterocycles. The van der Waals surface area contributed by atoms with E-state index in [9.17, 15) is 4.39 Å². The van der Waals surface area contributed by atoms with Gasteiger partial charge in [0.05, 0.1) is 19.9 Å². The highest BCUT2D eigenvalue weighted by atomic mass is 19.1. The van der Waals surface area contributed by atoms with Gasteiger partial charge in [0.25, 0.3) is 0 Å². The SMILES string of the molecule is COc1cc(N)c(Oc2cccc(F)c2C#N)cc1OC. The van der Waals surface area contributed by atoms with Crippen molar-refractivity contribution in [2.45, 2.75) is 0 Å². The smallest absolute Gasteiger partial charge is 0.164 e. The minimum absolute atomic E-state index is 0.0800. The minimum atomic E-state index is -0.658. The van der Waals surface area contributed by atoms with Crippen LogP contribution in [0.25, 0.3) is 0 Å². The van der Waals surface area contributed by atoms with Crippen LogP contribution in [-0.2, 0) is 0 Å². The number of hydrogen-bond donors (Lipinski definition) is 1. The van der Waals surface area contributed by atoms with E-state index in [1.54, 1.807) is 6.07 Å². The summed E-state index contributed by atoms with van der Waals surface area (Å²) in [6.45, 7) is 0. The van der Waals surface area contributed by atoms with Crippen molar-refractivity contribution in [3.8, 4) is 29.1 Å². The number of anilines is 1. The first-order valence-electron chi connectivity index (χ1n) is 5.98. The van der Waals surface area contributed by atoms with E-state index in [1.807, 2.05) is 0 Å². The number of methoxy groups -OCH3 is 2. The Morgan fingerprint density at radius 2 is 1.71 bits per heavy atom. The van der Waals surface area contributed by atoms with Gasteiger partial charge in [0.2, 0.25) is 0 Å². The normalized spacial score (nSPS) is 9.81. The molecule has 0 aliphatic heterocycles. The van der Waals surface area contributed by atoms with Crippen molar-refractivity contribution in [3.63, 3.8) is 0 Å². The second-order valence-electron chi connectivity index (χ2n) is 4.07. The van der Waals surface area contributed by atoms with E-state index in [-0.39, 0.29) is 22.7 Å². The van der Waals surface area contributed by atoms with Gasteiger partial charge in [-0.2, -0.15) is 5.26 Å². The molecule has 2 rings (SSSR count). The molecule has 6 heteroatoms. The summed E-state index contributed by atoms with van der Waals surface area (Å²) in [7, 11) is 2.96. The number of nitriles is 1. The molecule has 0 aliphatic rings. The lowest BCUT2D eigenvalue weighted by molar-refractivity contribution is 0.352. The average molecular weight is 288 g/mol. The van der Waals surface area contributed by atoms with Crippen LogP contribution in [0.15, 0.2) is 30.3 Å². The first-order chi connectivity index (χ1) is 10.1. The fraction of sp³-hybridized carbons (Fsp3) is 0.133. The molecule has 108 valence electrons. The lowest BCUT2D eigenvalue weighted by Crippen LogP contribution is -1.98. The molecular formula is C15H13FN2O3. The summed E-state index contributed by atoms with van der Waals surface area (Å²) < 4.78 is 29.3. The molecule has 0 aliphatic carbocycles. The molecule has 0 spiro atoms. The molecule has 0 heterocycles. The summed E-state index contributed by atoms with van der Waals surface area (Å²) in [5.74, 6) is 0.527. The van der Waals surface area contributed by atoms with Crippen LogP contribution >= 0.6 is 0 Å². The number of nitrogen functional groups attached to an aromatic ring is 1. The lowest BCUT2D eigenvalue weighted by atomic mass is 10.2. The standard InChI is InChI=1S/C15H13FN2O3/c1-19-14-6-11(18)13(7-15(14)20-2)21-12-5-3-4-10(16)9(12)8-17/h3-7H,18H2,1-2H3. The molecule has 0 radical (unpaired) electrons. The first kappa shape index (κ1) is 14.5. The van der Waals surface area contributed by atoms with Gasteiger partial charge in [-0.1, -0.05) is 6.07 Å². The quantitative estimate of drug-likeness (QED) is 0.875. The maximum absolute atomic E-state index is 13.5. The van der Waals surface area contributed by atoms with Crippen molar-refractivity contribution in [2.24, 2.45) is 0 Å². The number of benzene rings is 2. The Labute approximate surface area is 121 Å². The van der Waals surface area contributed by atoms with Crippen LogP contribution < -0.4 is 19.9 Å². The zero-order chi connectivity index (χ0) is 15.4. The van der Waals surface area contributed by atoms with Crippen LogP contribution in [0.1, 0.15) is 5.56 Å². The van der Waals surface area contributed by atoms with Crippen molar-refractivity contribution in [3.05, 3.63) is 41.7 Å². The summed E-state index contributed by atoms with van der Waals surface area (Å²) in [6.07, 6.45) is 0. The third kappa shape index (κ3) is 2.82. The van der Waals surface area contributed by atoms with Gasteiger partial charge in [-0.3, -0.25) is 0 Å². The van der Waals surface area contributed by atoms with E-state index in [1.165, 1.54) is 44.6 Å². The number of nitrogens with zero attached hydrogens (tertiary/aromatic N) is 1. The molecule has 0 bridgehead atoms. The van der Waals surface area contributed by atoms with Gasteiger partial charge in [-0.05, 0) is 12.1 Å². The van der Waals surface area contributed by atoms with Crippen molar-refractivity contribution in [2.75, 3.05) is 20.0 Å². The second kappa shape index (κ2) is 6.01. The molecule has 0 atom stereocenters. The Balaban J connectivity index is 2.45. The van der Waals surface area contributed by atoms with Crippen molar-refractivity contribution < 1.29 is 18.6 Å². The molecule has 0 unspecified atom stereocenters. The highest BCUT2D eigenvalue weighted by Gasteiger charge is 2.14. The van der Waals surface area contributed by atoms with E-state index in [0.717, 1.165) is 0 Å². The largest absolute Gasteiger partial charge is 0.493 e. The topological polar surface area (TPSA) is 77.5 Å². The van der Waals surface area contributed by atoms with E-state index < -0.39 is 5.82 Å². The van der Waals surface area contributed by atoms with Gasteiger partial charge in [0.1, 0.15) is 23.2 Å². The predicted octanol–water partition coefficient (Wildman–Crippen LogP) is 3.09. The summed E-state index contributed by atoms with van der Waals surface area (Å²) in [4.78, 5) is 0. The van der Waals surface area contributed by atoms with Crippen LogP contribution in [0.3, 0.4) is 0 Å². The number of ether oxygens (including phenoxy) is 3. The number of rotatable bonds is 4. The van der Waals surface area contributed by atoms with E-state index in [2.05, 4.69) is 0 Å². The highest BCUT2D eigenvalue weighted by molar-refractivity contribution is 5.63. The van der Waals surface area contributed by atoms with Crippen LogP contribution in [0, 0.1) is 17.1 Å². The second-order valence-corrected chi connectivity index (χ2v) is 4.07. The minimum Gasteiger partial charge on any atom is -0.493 e. The lowest BCUT2D eigenvalue weighted by Gasteiger charge is -2.14. The average Bonchev–Trinajstić information content (AvgIpc) is 2.49. The van der Waals surface area contributed by atoms with Gasteiger partial charge in [-0.25, -0.2) is 4.39 Å². The molecule has 0 aromatic heterocycles. The summed E-state index contributed by atoms with van der Waals surface area (Å²) in [5, 5.41) is 8.98. The van der Waals surface area contributed by atoms with Gasteiger partial charge in [-0.15, -0.1) is 0 Å². The first-order valence-corrected chi connectivity index (χ1v) is 5.98. The monoisotopic (exact) mass is 288 g/mol. The van der Waals surface area contributed by atoms with Crippen molar-refractivity contribution >= 4 is 5.69 Å². The fourth-order valence-corrected chi connectivity index (χ4v) is 1.78. The van der Waals surface area contributed by atoms with Gasteiger partial charge in [0, 0.05) is 12.1 Å². The summed E-state index contributed by atoms with van der Waals surface area (Å²) in [6, 6.07) is 8.91. The van der Waals surface area contributed by atoms with E-state index >= 15 is 0 Å². The van der Waals surface area contributed by atoms with Crippen LogP contribution in [0.5, 0.6) is 23.0 Å². The Bertz CT molecular complexity index is 711. The predicted molar refractivity (Wildman–Crippen MR) is 75.1 cm³/mol. The Kier molecular flexibility index (Phi) is 4.14. The fourth-order valence-electron chi connectivity index (χ4n) is 1.78. The van der Waals surface area contributed by atoms with E-state index in [0.29, 0.717) is 11.5 Å². The van der Waals surface area contributed by atoms with Crippen molar-refractivity contribution in [1.29, 1.82) is 5.26 Å².